The highest BCUT2D eigenvalue weighted by atomic mass is 32.2. The van der Waals surface area contributed by atoms with Gasteiger partial charge in [-0.05, 0) is 18.1 Å². The molecule has 0 amide bonds. The first-order chi connectivity index (χ1) is 9.52. The summed E-state index contributed by atoms with van der Waals surface area (Å²) >= 11 is 0. The lowest BCUT2D eigenvalue weighted by Crippen LogP contribution is -2.39. The first-order valence-corrected chi connectivity index (χ1v) is 7.75. The van der Waals surface area contributed by atoms with Gasteiger partial charge in [0.25, 0.3) is 0 Å². The summed E-state index contributed by atoms with van der Waals surface area (Å²) < 4.78 is 31.5. The number of sulfonamides is 1. The SMILES string of the molecule is COCC(CCO)NS(=O)(=O)Cc1ccccc1C#N. The summed E-state index contributed by atoms with van der Waals surface area (Å²) in [5, 5.41) is 17.8. The number of nitriles is 1. The van der Waals surface area contributed by atoms with E-state index >= 15 is 0 Å². The average molecular weight is 298 g/mol. The molecule has 0 aliphatic heterocycles. The third-order valence-electron chi connectivity index (χ3n) is 2.67. The first-order valence-electron chi connectivity index (χ1n) is 6.10. The summed E-state index contributed by atoms with van der Waals surface area (Å²) in [4.78, 5) is 0. The molecule has 20 heavy (non-hydrogen) atoms. The molecule has 1 aromatic rings. The van der Waals surface area contributed by atoms with E-state index in [1.54, 1.807) is 24.3 Å². The van der Waals surface area contributed by atoms with Gasteiger partial charge >= 0.3 is 0 Å². The number of hydrogen-bond acceptors (Lipinski definition) is 5. The Morgan fingerprint density at radius 1 is 1.45 bits per heavy atom. The normalized spacial score (nSPS) is 12.8. The van der Waals surface area contributed by atoms with Gasteiger partial charge in [0.05, 0.1) is 24.0 Å². The van der Waals surface area contributed by atoms with Crippen molar-refractivity contribution in [1.29, 1.82) is 5.26 Å². The number of aliphatic hydroxyl groups is 1. The third-order valence-corrected chi connectivity index (χ3v) is 4.06. The molecule has 0 bridgehead atoms. The largest absolute Gasteiger partial charge is 0.396 e. The van der Waals surface area contributed by atoms with Crippen LogP contribution < -0.4 is 4.72 Å². The van der Waals surface area contributed by atoms with Crippen molar-refractivity contribution in [2.75, 3.05) is 20.3 Å². The maximum atomic E-state index is 12.1. The number of nitrogens with zero attached hydrogens (tertiary/aromatic N) is 1. The van der Waals surface area contributed by atoms with Crippen molar-refractivity contribution in [3.8, 4) is 6.07 Å². The summed E-state index contributed by atoms with van der Waals surface area (Å²) in [5.74, 6) is -0.275. The molecule has 7 heteroatoms. The zero-order chi connectivity index (χ0) is 15.0. The van der Waals surface area contributed by atoms with E-state index < -0.39 is 16.1 Å². The van der Waals surface area contributed by atoms with E-state index in [1.165, 1.54) is 7.11 Å². The van der Waals surface area contributed by atoms with Crippen LogP contribution in [0.3, 0.4) is 0 Å². The number of ether oxygens (including phenoxy) is 1. The van der Waals surface area contributed by atoms with Gasteiger partial charge in [0.15, 0.2) is 0 Å². The highest BCUT2D eigenvalue weighted by Gasteiger charge is 2.19. The lowest BCUT2D eigenvalue weighted by Gasteiger charge is -2.17. The molecule has 1 unspecified atom stereocenters. The highest BCUT2D eigenvalue weighted by Crippen LogP contribution is 2.11. The van der Waals surface area contributed by atoms with Gasteiger partial charge in [-0.25, -0.2) is 13.1 Å². The van der Waals surface area contributed by atoms with Gasteiger partial charge in [0, 0.05) is 19.8 Å². The molecule has 2 N–H and O–H groups in total. The zero-order valence-electron chi connectivity index (χ0n) is 11.2. The van der Waals surface area contributed by atoms with Crippen molar-refractivity contribution in [1.82, 2.24) is 4.72 Å². The van der Waals surface area contributed by atoms with Crippen LogP contribution in [0, 0.1) is 11.3 Å². The maximum Gasteiger partial charge on any atom is 0.216 e. The molecule has 0 saturated carbocycles. The fourth-order valence-corrected chi connectivity index (χ4v) is 3.23. The van der Waals surface area contributed by atoms with Crippen LogP contribution in [0.2, 0.25) is 0 Å². The van der Waals surface area contributed by atoms with E-state index in [9.17, 15) is 8.42 Å². The molecule has 0 heterocycles. The van der Waals surface area contributed by atoms with Gasteiger partial charge in [-0.15, -0.1) is 0 Å². The minimum Gasteiger partial charge on any atom is -0.396 e. The Kier molecular flexibility index (Phi) is 6.61. The molecule has 1 rings (SSSR count). The molecule has 0 aromatic heterocycles. The van der Waals surface area contributed by atoms with Crippen LogP contribution in [0.25, 0.3) is 0 Å². The average Bonchev–Trinajstić information content (AvgIpc) is 2.39. The van der Waals surface area contributed by atoms with Gasteiger partial charge in [0.1, 0.15) is 0 Å². The predicted molar refractivity (Wildman–Crippen MR) is 74.3 cm³/mol. The van der Waals surface area contributed by atoms with E-state index in [4.69, 9.17) is 15.1 Å². The standard InChI is InChI=1S/C13H18N2O4S/c1-19-9-13(6-7-16)15-20(17,18)10-12-5-3-2-4-11(12)8-14/h2-5,13,15-16H,6-7,9-10H2,1H3. The Morgan fingerprint density at radius 2 is 2.15 bits per heavy atom. The summed E-state index contributed by atoms with van der Waals surface area (Å²) in [7, 11) is -2.14. The fourth-order valence-electron chi connectivity index (χ4n) is 1.79. The van der Waals surface area contributed by atoms with Gasteiger partial charge in [0.2, 0.25) is 10.0 Å². The van der Waals surface area contributed by atoms with Crippen molar-refractivity contribution in [2.45, 2.75) is 18.2 Å². The molecule has 0 spiro atoms. The van der Waals surface area contributed by atoms with Crippen LogP contribution in [-0.4, -0.2) is 39.9 Å². The molecule has 0 radical (unpaired) electrons. The smallest absolute Gasteiger partial charge is 0.216 e. The predicted octanol–water partition coefficient (Wildman–Crippen LogP) is 0.375. The van der Waals surface area contributed by atoms with Gasteiger partial charge in [-0.2, -0.15) is 5.26 Å². The molecule has 0 fully saturated rings. The van der Waals surface area contributed by atoms with E-state index in [1.807, 2.05) is 6.07 Å². The molecule has 110 valence electrons. The Morgan fingerprint density at radius 3 is 2.75 bits per heavy atom. The molecular formula is C13H18N2O4S. The lowest BCUT2D eigenvalue weighted by atomic mass is 10.1. The number of rotatable bonds is 8. The number of benzene rings is 1. The summed E-state index contributed by atoms with van der Waals surface area (Å²) in [6, 6.07) is 8.03. The number of aliphatic hydroxyl groups excluding tert-OH is 1. The number of nitrogens with one attached hydrogen (secondary N) is 1. The maximum absolute atomic E-state index is 12.1. The molecule has 0 aliphatic rings. The van der Waals surface area contributed by atoms with Crippen LogP contribution in [0.4, 0.5) is 0 Å². The summed E-state index contributed by atoms with van der Waals surface area (Å²) in [6.07, 6.45) is 0.271. The monoisotopic (exact) mass is 298 g/mol. The van der Waals surface area contributed by atoms with Gasteiger partial charge in [-0.3, -0.25) is 0 Å². The van der Waals surface area contributed by atoms with E-state index in [-0.39, 0.29) is 25.4 Å². The van der Waals surface area contributed by atoms with Crippen molar-refractivity contribution in [2.24, 2.45) is 0 Å². The molecule has 1 aromatic carbocycles. The summed E-state index contributed by atoms with van der Waals surface area (Å²) in [5.41, 5.74) is 0.783. The topological polar surface area (TPSA) is 99.4 Å². The van der Waals surface area contributed by atoms with Crippen molar-refractivity contribution in [3.63, 3.8) is 0 Å². The Bertz CT molecular complexity index is 560. The fraction of sp³-hybridized carbons (Fsp3) is 0.462. The van der Waals surface area contributed by atoms with Crippen molar-refractivity contribution < 1.29 is 18.3 Å². The molecular weight excluding hydrogens is 280 g/mol. The second-order valence-corrected chi connectivity index (χ2v) is 6.06. The Hall–Kier alpha value is -1.46. The molecule has 0 saturated heterocycles. The minimum absolute atomic E-state index is 0.134. The zero-order valence-corrected chi connectivity index (χ0v) is 12.1. The second-order valence-electron chi connectivity index (χ2n) is 4.31. The van der Waals surface area contributed by atoms with Crippen LogP contribution in [0.15, 0.2) is 24.3 Å². The van der Waals surface area contributed by atoms with E-state index in [0.717, 1.165) is 0 Å². The van der Waals surface area contributed by atoms with Crippen molar-refractivity contribution >= 4 is 10.0 Å². The molecule has 1 atom stereocenters. The van der Waals surface area contributed by atoms with Crippen LogP contribution in [0.5, 0.6) is 0 Å². The van der Waals surface area contributed by atoms with Crippen LogP contribution in [-0.2, 0) is 20.5 Å². The van der Waals surface area contributed by atoms with E-state index in [0.29, 0.717) is 11.1 Å². The third kappa shape index (κ3) is 5.27. The quantitative estimate of drug-likeness (QED) is 0.722. The van der Waals surface area contributed by atoms with Crippen LogP contribution in [0.1, 0.15) is 17.5 Å². The van der Waals surface area contributed by atoms with Crippen LogP contribution >= 0.6 is 0 Å². The van der Waals surface area contributed by atoms with Crippen molar-refractivity contribution in [3.05, 3.63) is 35.4 Å². The summed E-state index contributed by atoms with van der Waals surface area (Å²) in [6.45, 7) is 0.0466. The number of hydrogen-bond donors (Lipinski definition) is 2. The highest BCUT2D eigenvalue weighted by molar-refractivity contribution is 7.88. The van der Waals surface area contributed by atoms with Gasteiger partial charge < -0.3 is 9.84 Å². The first kappa shape index (κ1) is 16.6. The molecule has 0 aliphatic carbocycles. The Labute approximate surface area is 119 Å². The second kappa shape index (κ2) is 7.97. The van der Waals surface area contributed by atoms with Gasteiger partial charge in [-0.1, -0.05) is 18.2 Å². The lowest BCUT2D eigenvalue weighted by molar-refractivity contribution is 0.158. The Balaban J connectivity index is 2.81. The number of methoxy groups -OCH3 is 1. The molecule has 6 nitrogen and oxygen atoms in total. The minimum atomic E-state index is -3.60. The van der Waals surface area contributed by atoms with E-state index in [2.05, 4.69) is 4.72 Å².